The Morgan fingerprint density at radius 3 is 2.35 bits per heavy atom. The molecule has 10 heteroatoms. The van der Waals surface area contributed by atoms with Crippen LogP contribution in [-0.2, 0) is 20.5 Å². The van der Waals surface area contributed by atoms with Crippen LogP contribution in [-0.4, -0.2) is 61.7 Å². The Bertz CT molecular complexity index is 1180. The van der Waals surface area contributed by atoms with Crippen molar-refractivity contribution < 1.29 is 31.0 Å². The number of carbonyl (C=O) groups is 2. The lowest BCUT2D eigenvalue weighted by molar-refractivity contribution is -0.707. The van der Waals surface area contributed by atoms with Crippen molar-refractivity contribution in [3.8, 4) is 17.2 Å². The van der Waals surface area contributed by atoms with Crippen molar-refractivity contribution in [1.29, 1.82) is 5.26 Å². The van der Waals surface area contributed by atoms with Gasteiger partial charge in [-0.15, -0.1) is 3.89 Å². The molecule has 1 aliphatic rings. The maximum absolute atomic E-state index is 13.6. The zero-order valence-corrected chi connectivity index (χ0v) is 19.9. The minimum absolute atomic E-state index is 0.121. The normalized spacial score (nSPS) is 19.8. The molecule has 0 N–H and O–H groups in total. The van der Waals surface area contributed by atoms with Gasteiger partial charge in [-0.25, -0.2) is 9.18 Å². The van der Waals surface area contributed by atoms with Crippen molar-refractivity contribution >= 4 is 22.2 Å². The van der Waals surface area contributed by atoms with E-state index >= 15 is 0 Å². The first-order valence-electron chi connectivity index (χ1n) is 10.9. The van der Waals surface area contributed by atoms with E-state index in [1.165, 1.54) is 7.05 Å². The van der Waals surface area contributed by atoms with E-state index in [1.807, 2.05) is 30.3 Å². The predicted octanol–water partition coefficient (Wildman–Crippen LogP) is 4.23. The van der Waals surface area contributed by atoms with Gasteiger partial charge in [0.05, 0.1) is 19.7 Å². The van der Waals surface area contributed by atoms with Crippen LogP contribution in [0.1, 0.15) is 25.3 Å². The number of amides is 2. The molecule has 0 aliphatic carbocycles. The van der Waals surface area contributed by atoms with Gasteiger partial charge in [-0.1, -0.05) is 61.5 Å². The molecule has 1 heterocycles. The fourth-order valence-corrected chi connectivity index (χ4v) is 5.51. The Kier molecular flexibility index (Phi) is 7.69. The molecule has 3 atom stereocenters. The molecule has 0 saturated carbocycles. The van der Waals surface area contributed by atoms with Gasteiger partial charge in [0.2, 0.25) is 0 Å². The van der Waals surface area contributed by atoms with Gasteiger partial charge >= 0.3 is 22.2 Å². The highest BCUT2D eigenvalue weighted by atomic mass is 32.2. The zero-order valence-electron chi connectivity index (χ0n) is 19.1. The quantitative estimate of drug-likeness (QED) is 0.445. The molecule has 34 heavy (non-hydrogen) atoms. The van der Waals surface area contributed by atoms with E-state index in [9.17, 15) is 22.4 Å². The number of carbonyl (C=O) groups excluding carboxylic acids is 2. The lowest BCUT2D eigenvalue weighted by Gasteiger charge is -2.29. The highest BCUT2D eigenvalue weighted by molar-refractivity contribution is 7.85. The van der Waals surface area contributed by atoms with Crippen molar-refractivity contribution in [3.05, 3.63) is 60.2 Å². The third-order valence-corrected chi connectivity index (χ3v) is 8.13. The molecule has 0 bridgehead atoms. The Hall–Kier alpha value is -3.29. The molecule has 3 rings (SSSR count). The van der Waals surface area contributed by atoms with Gasteiger partial charge in [0.1, 0.15) is 24.5 Å². The summed E-state index contributed by atoms with van der Waals surface area (Å²) in [7, 11) is -2.98. The van der Waals surface area contributed by atoms with Crippen LogP contribution >= 0.6 is 0 Å². The van der Waals surface area contributed by atoms with Crippen LogP contribution in [0, 0.1) is 11.3 Å². The number of hydrogen-bond acceptors (Lipinski definition) is 6. The number of quaternary nitrogens is 1. The first-order valence-corrected chi connectivity index (χ1v) is 12.5. The van der Waals surface area contributed by atoms with E-state index in [0.717, 1.165) is 16.0 Å². The number of nitriles is 1. The number of nitrogens with zero attached hydrogens (tertiary/aromatic N) is 3. The number of hydrogen-bond donors (Lipinski definition) is 0. The molecule has 3 unspecified atom stereocenters. The first-order chi connectivity index (χ1) is 16.1. The van der Waals surface area contributed by atoms with Crippen molar-refractivity contribution in [2.24, 2.45) is 0 Å². The third-order valence-electron chi connectivity index (χ3n) is 5.87. The lowest BCUT2D eigenvalue weighted by atomic mass is 10.0. The van der Waals surface area contributed by atoms with Gasteiger partial charge in [0.15, 0.2) is 0 Å². The highest BCUT2D eigenvalue weighted by Crippen LogP contribution is 2.25. The van der Waals surface area contributed by atoms with Gasteiger partial charge in [-0.3, -0.25) is 4.90 Å². The SMILES string of the molecule is CCC[N+](C)(C(=O)OC(=O)N1CC(F)CC1C#N)S(=O)(=O)Cc1ccc(-c2ccccc2)cc1. The minimum atomic E-state index is -4.16. The first kappa shape index (κ1) is 25.3. The largest absolute Gasteiger partial charge is 0.540 e. The van der Waals surface area contributed by atoms with E-state index in [4.69, 9.17) is 10.00 Å². The van der Waals surface area contributed by atoms with Crippen LogP contribution < -0.4 is 0 Å². The smallest absolute Gasteiger partial charge is 0.327 e. The number of halogens is 1. The van der Waals surface area contributed by atoms with Crippen LogP contribution in [0.5, 0.6) is 0 Å². The second-order valence-corrected chi connectivity index (χ2v) is 10.6. The number of benzene rings is 2. The summed E-state index contributed by atoms with van der Waals surface area (Å²) in [4.78, 5) is 26.2. The van der Waals surface area contributed by atoms with Gasteiger partial charge < -0.3 is 4.74 Å². The molecule has 1 saturated heterocycles. The second kappa shape index (κ2) is 10.3. The maximum atomic E-state index is 13.6. The van der Waals surface area contributed by atoms with Gasteiger partial charge in [-0.2, -0.15) is 18.5 Å². The van der Waals surface area contributed by atoms with Gasteiger partial charge in [-0.05, 0) is 23.1 Å². The fourth-order valence-electron chi connectivity index (χ4n) is 3.89. The van der Waals surface area contributed by atoms with Crippen LogP contribution in [0.3, 0.4) is 0 Å². The molecule has 2 aromatic carbocycles. The third kappa shape index (κ3) is 5.26. The number of rotatable bonds is 6. The Morgan fingerprint density at radius 1 is 1.15 bits per heavy atom. The van der Waals surface area contributed by atoms with E-state index in [-0.39, 0.29) is 19.5 Å². The van der Waals surface area contributed by atoms with Gasteiger partial charge in [0.25, 0.3) is 0 Å². The van der Waals surface area contributed by atoms with Crippen LogP contribution in [0.25, 0.3) is 11.1 Å². The monoisotopic (exact) mass is 488 g/mol. The summed E-state index contributed by atoms with van der Waals surface area (Å²) in [6.07, 6.45) is -3.78. The lowest BCUT2D eigenvalue weighted by Crippen LogP contribution is -2.56. The molecule has 8 nitrogen and oxygen atoms in total. The summed E-state index contributed by atoms with van der Waals surface area (Å²) in [5.74, 6) is -0.445. The molecule has 2 aromatic rings. The molecule has 0 spiro atoms. The summed E-state index contributed by atoms with van der Waals surface area (Å²) in [6.45, 7) is 1.20. The molecule has 0 aromatic heterocycles. The molecule has 1 aliphatic heterocycles. The molecule has 2 amide bonds. The Labute approximate surface area is 198 Å². The molecular weight excluding hydrogens is 461 g/mol. The summed E-state index contributed by atoms with van der Waals surface area (Å²) in [6, 6.07) is 17.3. The predicted molar refractivity (Wildman–Crippen MR) is 123 cm³/mol. The van der Waals surface area contributed by atoms with Crippen molar-refractivity contribution in [3.63, 3.8) is 0 Å². The summed E-state index contributed by atoms with van der Waals surface area (Å²) in [5, 5.41) is 9.12. The average molecular weight is 489 g/mol. The summed E-state index contributed by atoms with van der Waals surface area (Å²) < 4.78 is 44.0. The van der Waals surface area contributed by atoms with Crippen molar-refractivity contribution in [2.45, 2.75) is 37.7 Å². The number of sulfonamides is 1. The second-order valence-electron chi connectivity index (χ2n) is 8.38. The number of likely N-dealkylation sites (tertiary alicyclic amines) is 1. The van der Waals surface area contributed by atoms with E-state index in [0.29, 0.717) is 12.0 Å². The van der Waals surface area contributed by atoms with Gasteiger partial charge in [0, 0.05) is 6.42 Å². The maximum Gasteiger partial charge on any atom is 0.540 e. The van der Waals surface area contributed by atoms with E-state index in [1.54, 1.807) is 37.3 Å². The Morgan fingerprint density at radius 2 is 1.76 bits per heavy atom. The van der Waals surface area contributed by atoms with Crippen molar-refractivity contribution in [1.82, 2.24) is 4.90 Å². The topological polar surface area (TPSA) is 105 Å². The summed E-state index contributed by atoms with van der Waals surface area (Å²) in [5.41, 5.74) is 2.38. The Balaban J connectivity index is 1.78. The van der Waals surface area contributed by atoms with E-state index in [2.05, 4.69) is 0 Å². The minimum Gasteiger partial charge on any atom is -0.327 e. The van der Waals surface area contributed by atoms with E-state index < -0.39 is 44.1 Å². The zero-order chi connectivity index (χ0) is 24.9. The molecule has 180 valence electrons. The average Bonchev–Trinajstić information content (AvgIpc) is 3.20. The molecule has 1 fully saturated rings. The standard InChI is InChI=1S/C24H27FN3O5S/c1-3-13-28(2,24(30)33-23(29)27-16-21(25)14-22(27)15-26)34(31,32)17-18-9-11-20(12-10-18)19-7-5-4-6-8-19/h4-12,21-22H,3,13-14,16-17H2,1-2H3/q+1. The fraction of sp³-hybridized carbons (Fsp3) is 0.375. The van der Waals surface area contributed by atoms with Crippen molar-refractivity contribution in [2.75, 3.05) is 20.1 Å². The molecule has 0 radical (unpaired) electrons. The molecular formula is C24H27FN3O5S+. The van der Waals surface area contributed by atoms with Crippen LogP contribution in [0.4, 0.5) is 14.0 Å². The van der Waals surface area contributed by atoms with Crippen LogP contribution in [0.15, 0.2) is 54.6 Å². The highest BCUT2D eigenvalue weighted by Gasteiger charge is 2.49. The number of ether oxygens (including phenoxy) is 1. The summed E-state index contributed by atoms with van der Waals surface area (Å²) >= 11 is 0. The number of alkyl halides is 1. The van der Waals surface area contributed by atoms with Crippen LogP contribution in [0.2, 0.25) is 0 Å².